The largest absolute Gasteiger partial charge is 0.461 e. The number of benzene rings is 2. The summed E-state index contributed by atoms with van der Waals surface area (Å²) in [6.07, 6.45) is 4.33. The normalized spacial score (nSPS) is 15.2. The Hall–Kier alpha value is -3.01. The third-order valence-corrected chi connectivity index (χ3v) is 7.62. The summed E-state index contributed by atoms with van der Waals surface area (Å²) in [7, 11) is -3.60. The van der Waals surface area contributed by atoms with Gasteiger partial charge in [0.05, 0.1) is 35.6 Å². The van der Waals surface area contributed by atoms with E-state index in [4.69, 9.17) is 9.47 Å². The fraction of sp³-hybridized carbons (Fsp3) is 0.360. The van der Waals surface area contributed by atoms with Gasteiger partial charge in [0.25, 0.3) is 0 Å². The van der Waals surface area contributed by atoms with Gasteiger partial charge in [0.1, 0.15) is 12.4 Å². The molecule has 0 amide bonds. The average molecular weight is 484 g/mol. The van der Waals surface area contributed by atoms with Gasteiger partial charge in [-0.3, -0.25) is 4.79 Å². The monoisotopic (exact) mass is 483 g/mol. The summed E-state index contributed by atoms with van der Waals surface area (Å²) < 4.78 is 40.0. The molecule has 0 N–H and O–H groups in total. The molecule has 1 aromatic heterocycles. The number of aryl methyl sites for hydroxylation is 2. The predicted molar refractivity (Wildman–Crippen MR) is 130 cm³/mol. The SMILES string of the molecule is CCn1c(CCC(=O)OCC=Cc2ccccc2)nc2cc(S(=O)(=O)N3CCOCC3)ccc21. The highest BCUT2D eigenvalue weighted by Gasteiger charge is 2.27. The Morgan fingerprint density at radius 3 is 2.65 bits per heavy atom. The fourth-order valence-electron chi connectivity index (χ4n) is 3.98. The molecule has 0 atom stereocenters. The van der Waals surface area contributed by atoms with Gasteiger partial charge in [0.2, 0.25) is 10.0 Å². The minimum Gasteiger partial charge on any atom is -0.461 e. The predicted octanol–water partition coefficient (Wildman–Crippen LogP) is 3.27. The zero-order valence-corrected chi connectivity index (χ0v) is 20.0. The van der Waals surface area contributed by atoms with Crippen molar-refractivity contribution in [3.05, 3.63) is 66.0 Å². The molecule has 180 valence electrons. The Bertz CT molecular complexity index is 1260. The van der Waals surface area contributed by atoms with Crippen molar-refractivity contribution in [1.82, 2.24) is 13.9 Å². The van der Waals surface area contributed by atoms with E-state index in [9.17, 15) is 13.2 Å². The Balaban J connectivity index is 1.41. The van der Waals surface area contributed by atoms with E-state index < -0.39 is 10.0 Å². The van der Waals surface area contributed by atoms with Gasteiger partial charge in [-0.15, -0.1) is 0 Å². The lowest BCUT2D eigenvalue weighted by Crippen LogP contribution is -2.40. The molecule has 2 heterocycles. The maximum absolute atomic E-state index is 13.0. The van der Waals surface area contributed by atoms with Crippen LogP contribution in [0.15, 0.2) is 59.5 Å². The molecule has 1 aliphatic heterocycles. The van der Waals surface area contributed by atoms with Crippen LogP contribution in [0.25, 0.3) is 17.1 Å². The smallest absolute Gasteiger partial charge is 0.306 e. The molecular weight excluding hydrogens is 454 g/mol. The Morgan fingerprint density at radius 2 is 1.91 bits per heavy atom. The van der Waals surface area contributed by atoms with Crippen molar-refractivity contribution in [2.75, 3.05) is 32.9 Å². The molecule has 34 heavy (non-hydrogen) atoms. The third kappa shape index (κ3) is 5.55. The quantitative estimate of drug-likeness (QED) is 0.434. The first-order chi connectivity index (χ1) is 16.5. The minimum absolute atomic E-state index is 0.196. The maximum Gasteiger partial charge on any atom is 0.306 e. The second kappa shape index (κ2) is 10.9. The zero-order chi connectivity index (χ0) is 24.0. The first-order valence-electron chi connectivity index (χ1n) is 11.4. The highest BCUT2D eigenvalue weighted by Crippen LogP contribution is 2.24. The number of ether oxygens (including phenoxy) is 2. The number of morpholine rings is 1. The number of imidazole rings is 1. The van der Waals surface area contributed by atoms with Crippen LogP contribution in [0.2, 0.25) is 0 Å². The zero-order valence-electron chi connectivity index (χ0n) is 19.2. The van der Waals surface area contributed by atoms with Crippen LogP contribution < -0.4 is 0 Å². The molecule has 0 bridgehead atoms. The van der Waals surface area contributed by atoms with Gasteiger partial charge < -0.3 is 14.0 Å². The number of hydrogen-bond acceptors (Lipinski definition) is 6. The molecule has 0 saturated carbocycles. The highest BCUT2D eigenvalue weighted by molar-refractivity contribution is 7.89. The van der Waals surface area contributed by atoms with Gasteiger partial charge in [-0.05, 0) is 36.8 Å². The number of rotatable bonds is 9. The van der Waals surface area contributed by atoms with E-state index in [1.165, 1.54) is 4.31 Å². The number of aromatic nitrogens is 2. The standard InChI is InChI=1S/C25H29N3O5S/c1-2-28-23-11-10-21(34(30,31)27-14-17-32-18-15-27)19-22(23)26-24(28)12-13-25(29)33-16-6-9-20-7-4-3-5-8-20/h3-11,19H,2,12-18H2,1H3. The number of esters is 1. The van der Waals surface area contributed by atoms with Crippen LogP contribution in [0.1, 0.15) is 24.7 Å². The third-order valence-electron chi connectivity index (χ3n) is 5.73. The molecule has 3 aromatic rings. The number of carbonyl (C=O) groups excluding carboxylic acids is 1. The van der Waals surface area contributed by atoms with Crippen LogP contribution in [0.4, 0.5) is 0 Å². The van der Waals surface area contributed by atoms with Gasteiger partial charge in [-0.25, -0.2) is 13.4 Å². The summed E-state index contributed by atoms with van der Waals surface area (Å²) in [5, 5.41) is 0. The molecule has 9 heteroatoms. The molecule has 8 nitrogen and oxygen atoms in total. The van der Waals surface area contributed by atoms with Gasteiger partial charge in [-0.1, -0.05) is 36.4 Å². The van der Waals surface area contributed by atoms with E-state index in [0.717, 1.165) is 16.9 Å². The molecule has 0 spiro atoms. The van der Waals surface area contributed by atoms with Gasteiger partial charge >= 0.3 is 5.97 Å². The van der Waals surface area contributed by atoms with Crippen molar-refractivity contribution in [3.8, 4) is 0 Å². The summed E-state index contributed by atoms with van der Waals surface area (Å²) in [4.78, 5) is 17.1. The molecule has 4 rings (SSSR count). The van der Waals surface area contributed by atoms with Crippen molar-refractivity contribution in [2.24, 2.45) is 0 Å². The number of carbonyl (C=O) groups is 1. The van der Waals surface area contributed by atoms with E-state index in [1.54, 1.807) is 18.2 Å². The van der Waals surface area contributed by atoms with Crippen molar-refractivity contribution in [1.29, 1.82) is 0 Å². The number of nitrogens with zero attached hydrogens (tertiary/aromatic N) is 3. The molecule has 0 unspecified atom stereocenters. The topological polar surface area (TPSA) is 90.7 Å². The molecule has 0 aliphatic carbocycles. The summed E-state index contributed by atoms with van der Waals surface area (Å²) in [5.74, 6) is 0.429. The molecule has 1 aliphatic rings. The Labute approximate surface area is 199 Å². The molecular formula is C25H29N3O5S. The lowest BCUT2D eigenvalue weighted by molar-refractivity contribution is -0.142. The minimum atomic E-state index is -3.60. The van der Waals surface area contributed by atoms with Crippen molar-refractivity contribution >= 4 is 33.1 Å². The Kier molecular flexibility index (Phi) is 7.77. The van der Waals surface area contributed by atoms with Crippen LogP contribution in [-0.2, 0) is 37.3 Å². The van der Waals surface area contributed by atoms with Crippen LogP contribution in [0, 0.1) is 0 Å². The van der Waals surface area contributed by atoms with Gasteiger partial charge in [-0.2, -0.15) is 4.31 Å². The number of sulfonamides is 1. The van der Waals surface area contributed by atoms with Crippen LogP contribution in [-0.4, -0.2) is 61.2 Å². The van der Waals surface area contributed by atoms with E-state index >= 15 is 0 Å². The first-order valence-corrected chi connectivity index (χ1v) is 12.9. The van der Waals surface area contributed by atoms with Crippen molar-refractivity contribution in [2.45, 2.75) is 31.2 Å². The van der Waals surface area contributed by atoms with Crippen molar-refractivity contribution < 1.29 is 22.7 Å². The molecule has 1 fully saturated rings. The van der Waals surface area contributed by atoms with Crippen LogP contribution in [0.5, 0.6) is 0 Å². The molecule has 0 radical (unpaired) electrons. The average Bonchev–Trinajstić information content (AvgIpc) is 3.23. The van der Waals surface area contributed by atoms with E-state index in [2.05, 4.69) is 4.98 Å². The summed E-state index contributed by atoms with van der Waals surface area (Å²) >= 11 is 0. The van der Waals surface area contributed by atoms with E-state index in [0.29, 0.717) is 44.8 Å². The lowest BCUT2D eigenvalue weighted by Gasteiger charge is -2.26. The molecule has 1 saturated heterocycles. The summed E-state index contributed by atoms with van der Waals surface area (Å²) in [5.41, 5.74) is 2.49. The van der Waals surface area contributed by atoms with E-state index in [1.807, 2.05) is 54.0 Å². The number of fused-ring (bicyclic) bond motifs is 1. The van der Waals surface area contributed by atoms with Gasteiger partial charge in [0.15, 0.2) is 0 Å². The summed E-state index contributed by atoms with van der Waals surface area (Å²) in [6, 6.07) is 14.8. The van der Waals surface area contributed by atoms with Crippen molar-refractivity contribution in [3.63, 3.8) is 0 Å². The van der Waals surface area contributed by atoms with Crippen LogP contribution >= 0.6 is 0 Å². The van der Waals surface area contributed by atoms with Gasteiger partial charge in [0, 0.05) is 26.1 Å². The lowest BCUT2D eigenvalue weighted by atomic mass is 10.2. The van der Waals surface area contributed by atoms with Crippen LogP contribution in [0.3, 0.4) is 0 Å². The second-order valence-corrected chi connectivity index (χ2v) is 9.87. The second-order valence-electron chi connectivity index (χ2n) is 7.94. The number of hydrogen-bond donors (Lipinski definition) is 0. The fourth-order valence-corrected chi connectivity index (χ4v) is 5.40. The first kappa shape index (κ1) is 24.1. The highest BCUT2D eigenvalue weighted by atomic mass is 32.2. The Morgan fingerprint density at radius 1 is 1.15 bits per heavy atom. The maximum atomic E-state index is 13.0. The van der Waals surface area contributed by atoms with E-state index in [-0.39, 0.29) is 23.9 Å². The molecule has 2 aromatic carbocycles. The summed E-state index contributed by atoms with van der Waals surface area (Å²) in [6.45, 7) is 4.35.